The molecule has 7 heteroatoms. The Morgan fingerprint density at radius 1 is 0.903 bits per heavy atom. The highest BCUT2D eigenvalue weighted by Gasteiger charge is 2.13. The molecule has 0 fully saturated rings. The molecule has 1 amide bonds. The lowest BCUT2D eigenvalue weighted by atomic mass is 9.99. The van der Waals surface area contributed by atoms with Crippen LogP contribution in [0.4, 0.5) is 11.6 Å². The Balaban J connectivity index is 1.45. The van der Waals surface area contributed by atoms with Crippen LogP contribution in [0.1, 0.15) is 21.5 Å². The summed E-state index contributed by atoms with van der Waals surface area (Å²) in [5, 5.41) is 3.25. The van der Waals surface area contributed by atoms with Crippen molar-refractivity contribution in [3.8, 4) is 22.5 Å². The second-order valence-corrected chi connectivity index (χ2v) is 7.21. The third-order valence-corrected chi connectivity index (χ3v) is 5.16. The van der Waals surface area contributed by atoms with Gasteiger partial charge in [0.2, 0.25) is 11.9 Å². The smallest absolute Gasteiger partial charge is 0.249 e. The lowest BCUT2D eigenvalue weighted by Gasteiger charge is -2.10. The van der Waals surface area contributed by atoms with Crippen molar-refractivity contribution in [1.82, 2.24) is 15.0 Å². The first kappa shape index (κ1) is 18.9. The molecule has 2 aromatic heterocycles. The van der Waals surface area contributed by atoms with Gasteiger partial charge in [0.25, 0.3) is 0 Å². The Morgan fingerprint density at radius 2 is 1.74 bits per heavy atom. The number of carbonyl (C=O) groups excluding carboxylic acids is 1. The first-order chi connectivity index (χ1) is 15.2. The Bertz CT molecular complexity index is 1290. The summed E-state index contributed by atoms with van der Waals surface area (Å²) in [4.78, 5) is 25.2. The number of amides is 1. The number of hydrogen-bond donors (Lipinski definition) is 2. The summed E-state index contributed by atoms with van der Waals surface area (Å²) >= 11 is 0. The summed E-state index contributed by atoms with van der Waals surface area (Å²) in [5.41, 5.74) is 12.2. The molecule has 2 aromatic carbocycles. The predicted molar refractivity (Wildman–Crippen MR) is 117 cm³/mol. The monoisotopic (exact) mass is 409 g/mol. The van der Waals surface area contributed by atoms with Gasteiger partial charge in [-0.2, -0.15) is 0 Å². The van der Waals surface area contributed by atoms with Crippen LogP contribution >= 0.6 is 0 Å². The lowest BCUT2D eigenvalue weighted by Crippen LogP contribution is -2.12. The lowest BCUT2D eigenvalue weighted by molar-refractivity contribution is 0.100. The summed E-state index contributed by atoms with van der Waals surface area (Å²) in [7, 11) is 0. The number of benzene rings is 2. The van der Waals surface area contributed by atoms with Crippen molar-refractivity contribution in [1.29, 1.82) is 0 Å². The SMILES string of the molecule is NC(=O)c1ccccc1-c1ccnc(-c2ccnc(Nc3ccc4c(c3)COC4)n2)c1. The molecule has 0 saturated heterocycles. The van der Waals surface area contributed by atoms with Crippen molar-refractivity contribution >= 4 is 17.5 Å². The third-order valence-electron chi connectivity index (χ3n) is 5.16. The number of primary amides is 1. The van der Waals surface area contributed by atoms with E-state index in [1.165, 1.54) is 11.1 Å². The number of pyridine rings is 1. The molecule has 0 bridgehead atoms. The molecule has 7 nitrogen and oxygen atoms in total. The molecule has 3 N–H and O–H groups in total. The van der Waals surface area contributed by atoms with Crippen LogP contribution in [0, 0.1) is 0 Å². The molecule has 0 atom stereocenters. The Labute approximate surface area is 179 Å². The number of ether oxygens (including phenoxy) is 1. The van der Waals surface area contributed by atoms with Gasteiger partial charge in [-0.15, -0.1) is 0 Å². The van der Waals surface area contributed by atoms with Crippen LogP contribution in [0.3, 0.4) is 0 Å². The van der Waals surface area contributed by atoms with E-state index in [2.05, 4.69) is 32.4 Å². The number of hydrogen-bond acceptors (Lipinski definition) is 6. The molecule has 3 heterocycles. The van der Waals surface area contributed by atoms with E-state index in [0.717, 1.165) is 16.8 Å². The second-order valence-electron chi connectivity index (χ2n) is 7.21. The molecule has 0 saturated carbocycles. The highest BCUT2D eigenvalue weighted by atomic mass is 16.5. The molecule has 1 aliphatic rings. The van der Waals surface area contributed by atoms with Crippen LogP contribution in [0.15, 0.2) is 73.1 Å². The highest BCUT2D eigenvalue weighted by molar-refractivity contribution is 6.00. The number of anilines is 2. The van der Waals surface area contributed by atoms with Crippen molar-refractivity contribution < 1.29 is 9.53 Å². The maximum absolute atomic E-state index is 11.8. The summed E-state index contributed by atoms with van der Waals surface area (Å²) in [6.45, 7) is 1.28. The Morgan fingerprint density at radius 3 is 2.65 bits per heavy atom. The maximum atomic E-state index is 11.8. The van der Waals surface area contributed by atoms with Gasteiger partial charge >= 0.3 is 0 Å². The number of aromatic nitrogens is 3. The van der Waals surface area contributed by atoms with Crippen LogP contribution in [0.2, 0.25) is 0 Å². The zero-order chi connectivity index (χ0) is 21.2. The molecule has 4 aromatic rings. The van der Waals surface area contributed by atoms with Gasteiger partial charge < -0.3 is 15.8 Å². The number of nitrogens with two attached hydrogens (primary N) is 1. The van der Waals surface area contributed by atoms with Crippen molar-refractivity contribution in [2.45, 2.75) is 13.2 Å². The molecule has 31 heavy (non-hydrogen) atoms. The quantitative estimate of drug-likeness (QED) is 0.515. The van der Waals surface area contributed by atoms with Crippen LogP contribution in [0.25, 0.3) is 22.5 Å². The highest BCUT2D eigenvalue weighted by Crippen LogP contribution is 2.28. The molecular formula is C24H19N5O2. The van der Waals surface area contributed by atoms with Gasteiger partial charge in [-0.3, -0.25) is 9.78 Å². The van der Waals surface area contributed by atoms with E-state index in [9.17, 15) is 4.79 Å². The van der Waals surface area contributed by atoms with Gasteiger partial charge in [0.05, 0.1) is 24.6 Å². The van der Waals surface area contributed by atoms with E-state index in [4.69, 9.17) is 10.5 Å². The summed E-state index contributed by atoms with van der Waals surface area (Å²) in [5.74, 6) is 0.00309. The molecule has 0 spiro atoms. The second kappa shape index (κ2) is 7.97. The Kier molecular flexibility index (Phi) is 4.86. The van der Waals surface area contributed by atoms with E-state index >= 15 is 0 Å². The fourth-order valence-electron chi connectivity index (χ4n) is 3.63. The number of carbonyl (C=O) groups is 1. The average Bonchev–Trinajstić information content (AvgIpc) is 3.27. The van der Waals surface area contributed by atoms with E-state index in [-0.39, 0.29) is 0 Å². The van der Waals surface area contributed by atoms with Gasteiger partial charge in [0.15, 0.2) is 0 Å². The number of nitrogens with one attached hydrogen (secondary N) is 1. The van der Waals surface area contributed by atoms with Crippen molar-refractivity contribution in [2.75, 3.05) is 5.32 Å². The van der Waals surface area contributed by atoms with Gasteiger partial charge in [0.1, 0.15) is 0 Å². The molecule has 152 valence electrons. The molecule has 5 rings (SSSR count). The fraction of sp³-hybridized carbons (Fsp3) is 0.0833. The van der Waals surface area contributed by atoms with E-state index < -0.39 is 5.91 Å². The molecule has 1 aliphatic heterocycles. The van der Waals surface area contributed by atoms with Crippen LogP contribution < -0.4 is 11.1 Å². The molecule has 0 unspecified atom stereocenters. The summed E-state index contributed by atoms with van der Waals surface area (Å²) in [6.07, 6.45) is 3.38. The van der Waals surface area contributed by atoms with Crippen LogP contribution in [-0.4, -0.2) is 20.9 Å². The largest absolute Gasteiger partial charge is 0.372 e. The van der Waals surface area contributed by atoms with Crippen LogP contribution in [-0.2, 0) is 18.0 Å². The number of nitrogens with zero attached hydrogens (tertiary/aromatic N) is 3. The topological polar surface area (TPSA) is 103 Å². The summed E-state index contributed by atoms with van der Waals surface area (Å²) in [6, 6.07) is 18.9. The maximum Gasteiger partial charge on any atom is 0.249 e. The van der Waals surface area contributed by atoms with Crippen molar-refractivity contribution in [2.24, 2.45) is 5.73 Å². The minimum Gasteiger partial charge on any atom is -0.372 e. The molecule has 0 aliphatic carbocycles. The summed E-state index contributed by atoms with van der Waals surface area (Å²) < 4.78 is 5.47. The fourth-order valence-corrected chi connectivity index (χ4v) is 3.63. The molecular weight excluding hydrogens is 390 g/mol. The van der Waals surface area contributed by atoms with Crippen molar-refractivity contribution in [3.05, 3.63) is 89.7 Å². The number of fused-ring (bicyclic) bond motifs is 1. The minimum atomic E-state index is -0.470. The van der Waals surface area contributed by atoms with E-state index in [1.54, 1.807) is 30.6 Å². The zero-order valence-electron chi connectivity index (χ0n) is 16.6. The predicted octanol–water partition coefficient (Wildman–Crippen LogP) is 4.08. The first-order valence-corrected chi connectivity index (χ1v) is 9.82. The van der Waals surface area contributed by atoms with E-state index in [1.807, 2.05) is 30.3 Å². The van der Waals surface area contributed by atoms with Gasteiger partial charge in [-0.1, -0.05) is 24.3 Å². The normalized spacial score (nSPS) is 12.4. The standard InChI is InChI=1S/C24H19N5O2/c25-23(30)20-4-2-1-3-19(20)15-7-9-26-22(12-15)21-8-10-27-24(29-21)28-18-6-5-16-13-31-14-17(16)11-18/h1-12H,13-14H2,(H2,25,30)(H,27,28,29). The Hall–Kier alpha value is -4.10. The zero-order valence-corrected chi connectivity index (χ0v) is 16.6. The van der Waals surface area contributed by atoms with Gasteiger partial charge in [-0.25, -0.2) is 9.97 Å². The minimum absolute atomic E-state index is 0.463. The average molecular weight is 409 g/mol. The third kappa shape index (κ3) is 3.86. The van der Waals surface area contributed by atoms with Crippen molar-refractivity contribution in [3.63, 3.8) is 0 Å². The first-order valence-electron chi connectivity index (χ1n) is 9.82. The van der Waals surface area contributed by atoms with Gasteiger partial charge in [-0.05, 0) is 58.7 Å². The van der Waals surface area contributed by atoms with Crippen LogP contribution in [0.5, 0.6) is 0 Å². The number of rotatable bonds is 5. The van der Waals surface area contributed by atoms with Gasteiger partial charge in [0, 0.05) is 23.6 Å². The van der Waals surface area contributed by atoms with E-state index in [0.29, 0.717) is 36.1 Å². The molecule has 0 radical (unpaired) electrons.